The van der Waals surface area contributed by atoms with Crippen molar-refractivity contribution < 1.29 is 13.9 Å². The summed E-state index contributed by atoms with van der Waals surface area (Å²) in [6, 6.07) is 3.11. The molecule has 0 spiro atoms. The molecule has 1 amide bonds. The second-order valence-electron chi connectivity index (χ2n) is 5.03. The van der Waals surface area contributed by atoms with E-state index in [1.54, 1.807) is 12.1 Å². The van der Waals surface area contributed by atoms with E-state index in [0.717, 1.165) is 6.42 Å². The normalized spacial score (nSPS) is 23.3. The van der Waals surface area contributed by atoms with Gasteiger partial charge in [-0.1, -0.05) is 19.8 Å². The van der Waals surface area contributed by atoms with Crippen molar-refractivity contribution in [1.29, 1.82) is 0 Å². The summed E-state index contributed by atoms with van der Waals surface area (Å²) in [5.74, 6) is 0.594. The molecule has 1 fully saturated rings. The summed E-state index contributed by atoms with van der Waals surface area (Å²) in [5, 5.41) is 2.97. The van der Waals surface area contributed by atoms with Crippen LogP contribution >= 0.6 is 11.6 Å². The van der Waals surface area contributed by atoms with E-state index in [9.17, 15) is 4.79 Å². The summed E-state index contributed by atoms with van der Waals surface area (Å²) < 4.78 is 10.8. The lowest BCUT2D eigenvalue weighted by Gasteiger charge is -2.28. The van der Waals surface area contributed by atoms with E-state index >= 15 is 0 Å². The quantitative estimate of drug-likeness (QED) is 0.845. The molecule has 4 nitrogen and oxygen atoms in total. The Morgan fingerprint density at radius 1 is 1.47 bits per heavy atom. The van der Waals surface area contributed by atoms with Gasteiger partial charge in [0.2, 0.25) is 0 Å². The monoisotopic (exact) mass is 285 g/mol. The van der Waals surface area contributed by atoms with Gasteiger partial charge >= 0.3 is 0 Å². The fraction of sp³-hybridized carbons (Fsp3) is 0.643. The maximum absolute atomic E-state index is 11.7. The summed E-state index contributed by atoms with van der Waals surface area (Å²) in [7, 11) is 0. The first-order valence-electron chi connectivity index (χ1n) is 6.82. The smallest absolute Gasteiger partial charge is 0.287 e. The molecule has 1 N–H and O–H groups in total. The molecule has 1 aliphatic carbocycles. The van der Waals surface area contributed by atoms with E-state index in [-0.39, 0.29) is 16.9 Å². The number of hydrogen-bond acceptors (Lipinski definition) is 3. The van der Waals surface area contributed by atoms with E-state index in [1.165, 1.54) is 19.3 Å². The lowest BCUT2D eigenvalue weighted by Crippen LogP contribution is -2.31. The second kappa shape index (κ2) is 6.96. The number of amides is 1. The minimum absolute atomic E-state index is 0.220. The number of halogens is 1. The predicted molar refractivity (Wildman–Crippen MR) is 73.4 cm³/mol. The van der Waals surface area contributed by atoms with Gasteiger partial charge in [0.15, 0.2) is 11.0 Å². The Kier molecular flexibility index (Phi) is 5.28. The van der Waals surface area contributed by atoms with Gasteiger partial charge in [-0.15, -0.1) is 0 Å². The first kappa shape index (κ1) is 14.4. The fourth-order valence-corrected chi connectivity index (χ4v) is 2.57. The number of rotatable bonds is 5. The Hall–Kier alpha value is -1.00. The molecule has 0 aliphatic heterocycles. The molecule has 0 radical (unpaired) electrons. The van der Waals surface area contributed by atoms with Crippen LogP contribution in [-0.4, -0.2) is 25.2 Å². The summed E-state index contributed by atoms with van der Waals surface area (Å²) in [6.07, 6.45) is 5.25. The van der Waals surface area contributed by atoms with E-state index in [4.69, 9.17) is 20.8 Å². The van der Waals surface area contributed by atoms with Crippen LogP contribution in [0.5, 0.6) is 0 Å². The highest BCUT2D eigenvalue weighted by atomic mass is 35.5. The fourth-order valence-electron chi connectivity index (χ4n) is 2.43. The molecule has 0 unspecified atom stereocenters. The maximum atomic E-state index is 11.7. The highest BCUT2D eigenvalue weighted by Crippen LogP contribution is 2.25. The third-order valence-corrected chi connectivity index (χ3v) is 3.75. The van der Waals surface area contributed by atoms with Crippen LogP contribution in [0.3, 0.4) is 0 Å². The van der Waals surface area contributed by atoms with Gasteiger partial charge in [-0.3, -0.25) is 4.79 Å². The van der Waals surface area contributed by atoms with Crippen molar-refractivity contribution >= 4 is 17.5 Å². The number of furan rings is 1. The Labute approximate surface area is 118 Å². The average molecular weight is 286 g/mol. The topological polar surface area (TPSA) is 51.5 Å². The van der Waals surface area contributed by atoms with E-state index in [1.807, 2.05) is 0 Å². The zero-order chi connectivity index (χ0) is 13.7. The van der Waals surface area contributed by atoms with Crippen molar-refractivity contribution in [3.8, 4) is 0 Å². The molecule has 1 saturated carbocycles. The Morgan fingerprint density at radius 3 is 2.95 bits per heavy atom. The van der Waals surface area contributed by atoms with Gasteiger partial charge in [0.25, 0.3) is 5.91 Å². The summed E-state index contributed by atoms with van der Waals surface area (Å²) in [6.45, 7) is 3.25. The van der Waals surface area contributed by atoms with E-state index in [0.29, 0.717) is 25.2 Å². The SMILES string of the molecule is C[C@H]1CCCC[C@@H]1OCCNC(=O)c1ccc(Cl)o1. The number of ether oxygens (including phenoxy) is 1. The van der Waals surface area contributed by atoms with Gasteiger partial charge in [0.05, 0.1) is 12.7 Å². The van der Waals surface area contributed by atoms with Crippen LogP contribution < -0.4 is 5.32 Å². The minimum Gasteiger partial charge on any atom is -0.440 e. The maximum Gasteiger partial charge on any atom is 0.287 e. The van der Waals surface area contributed by atoms with Crippen molar-refractivity contribution in [2.45, 2.75) is 38.7 Å². The van der Waals surface area contributed by atoms with Crippen LogP contribution in [-0.2, 0) is 4.74 Å². The average Bonchev–Trinajstić information content (AvgIpc) is 2.83. The molecule has 1 aliphatic rings. The lowest BCUT2D eigenvalue weighted by molar-refractivity contribution is -0.00300. The number of carbonyl (C=O) groups is 1. The second-order valence-corrected chi connectivity index (χ2v) is 5.40. The molecule has 2 atom stereocenters. The molecular formula is C14H20ClNO3. The Morgan fingerprint density at radius 2 is 2.26 bits per heavy atom. The zero-order valence-corrected chi connectivity index (χ0v) is 11.9. The molecule has 106 valence electrons. The molecule has 0 saturated heterocycles. The van der Waals surface area contributed by atoms with Crippen molar-refractivity contribution in [2.24, 2.45) is 5.92 Å². The molecule has 5 heteroatoms. The number of hydrogen-bond donors (Lipinski definition) is 1. The Bertz CT molecular complexity index is 419. The summed E-state index contributed by atoms with van der Waals surface area (Å²) >= 11 is 5.61. The molecular weight excluding hydrogens is 266 g/mol. The molecule has 2 rings (SSSR count). The minimum atomic E-state index is -0.257. The van der Waals surface area contributed by atoms with Gasteiger partial charge in [-0.2, -0.15) is 0 Å². The van der Waals surface area contributed by atoms with Crippen LogP contribution in [0.4, 0.5) is 0 Å². The highest BCUT2D eigenvalue weighted by molar-refractivity contribution is 6.29. The highest BCUT2D eigenvalue weighted by Gasteiger charge is 2.21. The van der Waals surface area contributed by atoms with Crippen LogP contribution in [0.1, 0.15) is 43.2 Å². The van der Waals surface area contributed by atoms with Crippen molar-refractivity contribution in [3.05, 3.63) is 23.1 Å². The van der Waals surface area contributed by atoms with Crippen molar-refractivity contribution in [3.63, 3.8) is 0 Å². The van der Waals surface area contributed by atoms with E-state index in [2.05, 4.69) is 12.2 Å². The third kappa shape index (κ3) is 4.25. The number of nitrogens with one attached hydrogen (secondary N) is 1. The largest absolute Gasteiger partial charge is 0.440 e. The Balaban J connectivity index is 1.65. The van der Waals surface area contributed by atoms with Gasteiger partial charge < -0.3 is 14.5 Å². The molecule has 0 aromatic carbocycles. The molecule has 1 heterocycles. The standard InChI is InChI=1S/C14H20ClNO3/c1-10-4-2-3-5-11(10)18-9-8-16-14(17)12-6-7-13(15)19-12/h6-7,10-11H,2-5,8-9H2,1H3,(H,16,17)/t10-,11-/m0/s1. The van der Waals surface area contributed by atoms with Crippen molar-refractivity contribution in [1.82, 2.24) is 5.32 Å². The lowest BCUT2D eigenvalue weighted by atomic mass is 9.88. The van der Waals surface area contributed by atoms with Crippen LogP contribution in [0.15, 0.2) is 16.5 Å². The molecule has 1 aromatic heterocycles. The summed E-state index contributed by atoms with van der Waals surface area (Å²) in [4.78, 5) is 11.7. The molecule has 19 heavy (non-hydrogen) atoms. The third-order valence-electron chi connectivity index (χ3n) is 3.55. The first-order chi connectivity index (χ1) is 9.16. The van der Waals surface area contributed by atoms with Crippen molar-refractivity contribution in [2.75, 3.05) is 13.2 Å². The molecule has 1 aromatic rings. The number of carbonyl (C=O) groups excluding carboxylic acids is 1. The van der Waals surface area contributed by atoms with Gasteiger partial charge in [-0.25, -0.2) is 0 Å². The molecule has 0 bridgehead atoms. The zero-order valence-electron chi connectivity index (χ0n) is 11.2. The summed E-state index contributed by atoms with van der Waals surface area (Å²) in [5.41, 5.74) is 0. The van der Waals surface area contributed by atoms with Crippen LogP contribution in [0.25, 0.3) is 0 Å². The van der Waals surface area contributed by atoms with E-state index < -0.39 is 0 Å². The van der Waals surface area contributed by atoms with Gasteiger partial charge in [0, 0.05) is 6.54 Å². The predicted octanol–water partition coefficient (Wildman–Crippen LogP) is 3.26. The van der Waals surface area contributed by atoms with Crippen LogP contribution in [0, 0.1) is 5.92 Å². The van der Waals surface area contributed by atoms with Gasteiger partial charge in [-0.05, 0) is 42.5 Å². The van der Waals surface area contributed by atoms with Crippen LogP contribution in [0.2, 0.25) is 5.22 Å². The first-order valence-corrected chi connectivity index (χ1v) is 7.20. The van der Waals surface area contributed by atoms with Gasteiger partial charge in [0.1, 0.15) is 0 Å².